The molecule has 0 saturated carbocycles. The number of allylic oxidation sites excluding steroid dienone is 2. The number of esters is 1. The van der Waals surface area contributed by atoms with Gasteiger partial charge in [-0.2, -0.15) is 0 Å². The SMILES string of the molecule is COC(=O)c1c(C)cc2c(c1OCc1ccccc1)[C@]1(O)C(=O)c3cc4c(c(O)c3C(=O)[C@]1(OC)C(O)C2)C(=O)C=C(N)C4=O.COC1C[C@@H](C)CO[C@H]1C. The van der Waals surface area contributed by atoms with Crippen LogP contribution in [-0.2, 0) is 37.6 Å². The predicted octanol–water partition coefficient (Wildman–Crippen LogP) is 3.30. The molecule has 4 aliphatic rings. The lowest BCUT2D eigenvalue weighted by Gasteiger charge is -2.53. The summed E-state index contributed by atoms with van der Waals surface area (Å²) in [5, 5.41) is 35.5. The number of carbonyl (C=O) groups excluding carboxylic acids is 5. The van der Waals surface area contributed by atoms with Crippen LogP contribution in [0.1, 0.15) is 94.3 Å². The molecule has 0 radical (unpaired) electrons. The van der Waals surface area contributed by atoms with E-state index in [2.05, 4.69) is 13.8 Å². The molecule has 55 heavy (non-hydrogen) atoms. The zero-order valence-corrected chi connectivity index (χ0v) is 31.3. The van der Waals surface area contributed by atoms with Gasteiger partial charge in [0.05, 0.1) is 42.2 Å². The van der Waals surface area contributed by atoms with Gasteiger partial charge in [0.2, 0.25) is 17.3 Å². The first kappa shape index (κ1) is 39.4. The van der Waals surface area contributed by atoms with Crippen LogP contribution in [0.2, 0.25) is 0 Å². The number of ketones is 4. The molecule has 0 bridgehead atoms. The zero-order valence-electron chi connectivity index (χ0n) is 31.3. The average molecular weight is 758 g/mol. The highest BCUT2D eigenvalue weighted by Gasteiger charge is 2.72. The molecule has 7 rings (SSSR count). The van der Waals surface area contributed by atoms with Gasteiger partial charge >= 0.3 is 5.97 Å². The first-order valence-corrected chi connectivity index (χ1v) is 17.7. The summed E-state index contributed by atoms with van der Waals surface area (Å²) in [7, 11) is 3.88. The minimum Gasteiger partial charge on any atom is -0.506 e. The van der Waals surface area contributed by atoms with Gasteiger partial charge in [-0.05, 0) is 48.9 Å². The number of carbonyl (C=O) groups is 5. The summed E-state index contributed by atoms with van der Waals surface area (Å²) in [4.78, 5) is 68.0. The number of hydrogen-bond donors (Lipinski definition) is 4. The number of nitrogens with two attached hydrogens (primary N) is 1. The maximum absolute atomic E-state index is 14.6. The molecular weight excluding hydrogens is 714 g/mol. The summed E-state index contributed by atoms with van der Waals surface area (Å²) >= 11 is 0. The Morgan fingerprint density at radius 2 is 1.69 bits per heavy atom. The summed E-state index contributed by atoms with van der Waals surface area (Å²) in [6.07, 6.45) is 0.278. The molecule has 290 valence electrons. The van der Waals surface area contributed by atoms with Crippen molar-refractivity contribution in [3.63, 3.8) is 0 Å². The molecule has 1 saturated heterocycles. The van der Waals surface area contributed by atoms with Crippen molar-refractivity contribution in [2.24, 2.45) is 11.7 Å². The molecule has 3 aliphatic carbocycles. The summed E-state index contributed by atoms with van der Waals surface area (Å²) < 4.78 is 27.5. The standard InChI is InChI=1S/C33H27NO11.C8H16O2/c1-14-9-16-10-21(36)33(44-3)30(40)24-18(11-17-23(27(24)38)20(35)12-19(34)26(17)37)29(39)32(33,42)25(16)28(22(14)31(41)43-2)45-13-15-7-5-4-6-8-15;1-6-4-8(9-3)7(2)10-5-6/h4-9,11-12,21,36,38,42H,10,13,34H2,1-3H3;6-8H,4-5H2,1-3H3/t21?,32-,33+;6-,7+,8?/m01/s1. The molecule has 0 aromatic heterocycles. The minimum absolute atomic E-state index is 0.144. The third-order valence-corrected chi connectivity index (χ3v) is 10.9. The van der Waals surface area contributed by atoms with Crippen molar-refractivity contribution in [2.45, 2.75) is 69.7 Å². The molecular formula is C41H43NO13. The Bertz CT molecular complexity index is 2140. The number of phenols is 1. The van der Waals surface area contributed by atoms with Crippen LogP contribution in [-0.4, -0.2) is 96.3 Å². The van der Waals surface area contributed by atoms with Crippen molar-refractivity contribution in [1.82, 2.24) is 0 Å². The number of benzene rings is 3. The van der Waals surface area contributed by atoms with Gasteiger partial charge in [0.25, 0.3) is 0 Å². The Morgan fingerprint density at radius 1 is 1.00 bits per heavy atom. The highest BCUT2D eigenvalue weighted by molar-refractivity contribution is 6.30. The second-order valence-corrected chi connectivity index (χ2v) is 14.2. The Kier molecular flexibility index (Phi) is 10.6. The van der Waals surface area contributed by atoms with Gasteiger partial charge in [-0.15, -0.1) is 0 Å². The van der Waals surface area contributed by atoms with Crippen molar-refractivity contribution in [1.29, 1.82) is 0 Å². The number of aromatic hydroxyl groups is 1. The Balaban J connectivity index is 0.000000448. The van der Waals surface area contributed by atoms with Crippen molar-refractivity contribution in [3.05, 3.63) is 104 Å². The number of phenolic OH excluding ortho intramolecular Hbond substituents is 1. The minimum atomic E-state index is -3.08. The monoisotopic (exact) mass is 757 g/mol. The van der Waals surface area contributed by atoms with Crippen molar-refractivity contribution in [3.8, 4) is 11.5 Å². The highest BCUT2D eigenvalue weighted by Crippen LogP contribution is 2.57. The quantitative estimate of drug-likeness (QED) is 0.266. The molecule has 0 spiro atoms. The Labute approximate surface area is 316 Å². The number of aliphatic hydroxyl groups is 2. The van der Waals surface area contributed by atoms with Crippen molar-refractivity contribution >= 4 is 29.1 Å². The summed E-state index contributed by atoms with van der Waals surface area (Å²) in [5.74, 6) is -5.80. The number of ether oxygens (including phenoxy) is 5. The molecule has 5 N–H and O–H groups in total. The lowest BCUT2D eigenvalue weighted by Crippen LogP contribution is -2.73. The van der Waals surface area contributed by atoms with E-state index in [0.29, 0.717) is 23.1 Å². The van der Waals surface area contributed by atoms with Gasteiger partial charge in [-0.3, -0.25) is 19.2 Å². The van der Waals surface area contributed by atoms with Gasteiger partial charge in [0.1, 0.15) is 23.7 Å². The maximum atomic E-state index is 14.6. The average Bonchev–Trinajstić information content (AvgIpc) is 3.16. The van der Waals surface area contributed by atoms with E-state index in [-0.39, 0.29) is 41.6 Å². The normalized spacial score (nSPS) is 26.7. The third-order valence-electron chi connectivity index (χ3n) is 10.9. The third kappa shape index (κ3) is 6.05. The van der Waals surface area contributed by atoms with E-state index >= 15 is 0 Å². The number of Topliss-reactive ketones (excluding diaryl/α,β-unsaturated/α-hetero) is 3. The fourth-order valence-electron chi connectivity index (χ4n) is 8.08. The molecule has 2 unspecified atom stereocenters. The molecule has 14 heteroatoms. The van der Waals surface area contributed by atoms with E-state index in [0.717, 1.165) is 39.4 Å². The first-order valence-electron chi connectivity index (χ1n) is 17.7. The molecule has 6 atom stereocenters. The van der Waals surface area contributed by atoms with Crippen LogP contribution in [0.25, 0.3) is 0 Å². The number of methoxy groups -OCH3 is 3. The summed E-state index contributed by atoms with van der Waals surface area (Å²) in [6.45, 7) is 6.58. The van der Waals surface area contributed by atoms with Crippen molar-refractivity contribution in [2.75, 3.05) is 27.9 Å². The lowest BCUT2D eigenvalue weighted by atomic mass is 9.56. The molecule has 0 amide bonds. The first-order chi connectivity index (χ1) is 26.1. The van der Waals surface area contributed by atoms with E-state index in [1.54, 1.807) is 44.4 Å². The van der Waals surface area contributed by atoms with Crippen LogP contribution in [0.3, 0.4) is 0 Å². The van der Waals surface area contributed by atoms with Crippen LogP contribution >= 0.6 is 0 Å². The molecule has 1 aliphatic heterocycles. The van der Waals surface area contributed by atoms with Gasteiger partial charge in [0, 0.05) is 50.0 Å². The molecule has 1 heterocycles. The van der Waals surface area contributed by atoms with Gasteiger partial charge in [0.15, 0.2) is 17.0 Å². The number of fused-ring (bicyclic) bond motifs is 5. The van der Waals surface area contributed by atoms with Crippen LogP contribution < -0.4 is 10.5 Å². The number of aryl methyl sites for hydroxylation is 1. The lowest BCUT2D eigenvalue weighted by molar-refractivity contribution is -0.181. The van der Waals surface area contributed by atoms with E-state index < -0.39 is 80.1 Å². The fraction of sp³-hybridized carbons (Fsp3) is 0.390. The van der Waals surface area contributed by atoms with E-state index in [1.807, 2.05) is 0 Å². The maximum Gasteiger partial charge on any atom is 0.341 e. The van der Waals surface area contributed by atoms with Gasteiger partial charge < -0.3 is 44.7 Å². The van der Waals surface area contributed by atoms with Crippen LogP contribution in [0.4, 0.5) is 0 Å². The van der Waals surface area contributed by atoms with Crippen LogP contribution in [0.15, 0.2) is 54.2 Å². The highest BCUT2D eigenvalue weighted by atomic mass is 16.5. The number of rotatable bonds is 6. The molecule has 3 aromatic rings. The van der Waals surface area contributed by atoms with Crippen LogP contribution in [0, 0.1) is 12.8 Å². The van der Waals surface area contributed by atoms with E-state index in [9.17, 15) is 39.3 Å². The molecule has 1 fully saturated rings. The van der Waals surface area contributed by atoms with Gasteiger partial charge in [-0.25, -0.2) is 4.79 Å². The van der Waals surface area contributed by atoms with E-state index in [4.69, 9.17) is 29.4 Å². The number of hydrogen-bond acceptors (Lipinski definition) is 14. The summed E-state index contributed by atoms with van der Waals surface area (Å²) in [6, 6.07) is 11.2. The smallest absolute Gasteiger partial charge is 0.341 e. The predicted molar refractivity (Wildman–Crippen MR) is 194 cm³/mol. The molecule has 3 aromatic carbocycles. The van der Waals surface area contributed by atoms with Crippen molar-refractivity contribution < 1.29 is 63.0 Å². The Morgan fingerprint density at radius 3 is 2.31 bits per heavy atom. The van der Waals surface area contributed by atoms with E-state index in [1.165, 1.54) is 6.07 Å². The fourth-order valence-corrected chi connectivity index (χ4v) is 8.08. The number of aliphatic hydroxyl groups excluding tert-OH is 1. The largest absolute Gasteiger partial charge is 0.506 e. The summed E-state index contributed by atoms with van der Waals surface area (Å²) in [5.41, 5.74) is -2.34. The second-order valence-electron chi connectivity index (χ2n) is 14.2. The Hall–Kier alpha value is -5.25. The molecule has 14 nitrogen and oxygen atoms in total. The van der Waals surface area contributed by atoms with Crippen LogP contribution in [0.5, 0.6) is 11.5 Å². The zero-order chi connectivity index (χ0) is 40.1. The van der Waals surface area contributed by atoms with Gasteiger partial charge in [-0.1, -0.05) is 43.3 Å². The topological polar surface area (TPSA) is 218 Å². The second kappa shape index (κ2) is 14.8.